The van der Waals surface area contributed by atoms with E-state index in [-0.39, 0.29) is 5.91 Å². The smallest absolute Gasteiger partial charge is 0.261 e. The molecule has 2 aromatic rings. The summed E-state index contributed by atoms with van der Waals surface area (Å²) in [6.07, 6.45) is 2.15. The lowest BCUT2D eigenvalue weighted by molar-refractivity contribution is 0.0939. The average Bonchev–Trinajstić information content (AvgIpc) is 3.16. The van der Waals surface area contributed by atoms with Gasteiger partial charge in [-0.1, -0.05) is 30.3 Å². The number of benzene rings is 1. The van der Waals surface area contributed by atoms with Gasteiger partial charge in [-0.05, 0) is 36.0 Å². The van der Waals surface area contributed by atoms with Crippen molar-refractivity contribution >= 4 is 34.0 Å². The highest BCUT2D eigenvalue weighted by Crippen LogP contribution is 2.39. The summed E-state index contributed by atoms with van der Waals surface area (Å²) in [5.41, 5.74) is 2.32. The average molecular weight is 389 g/mol. The maximum absolute atomic E-state index is 12.8. The molecule has 0 atom stereocenters. The lowest BCUT2D eigenvalue weighted by Crippen LogP contribution is -2.37. The Labute approximate surface area is 162 Å². The van der Waals surface area contributed by atoms with Gasteiger partial charge < -0.3 is 15.0 Å². The van der Waals surface area contributed by atoms with Crippen LogP contribution in [0.5, 0.6) is 0 Å². The molecule has 1 N–H and O–H groups in total. The summed E-state index contributed by atoms with van der Waals surface area (Å²) in [5.74, 6) is 2.36. The number of amides is 1. The molecule has 2 fully saturated rings. The van der Waals surface area contributed by atoms with Gasteiger partial charge >= 0.3 is 0 Å². The number of hydrogen-bond acceptors (Lipinski definition) is 5. The van der Waals surface area contributed by atoms with E-state index in [0.717, 1.165) is 61.1 Å². The van der Waals surface area contributed by atoms with Gasteiger partial charge in [0.2, 0.25) is 0 Å². The Bertz CT molecular complexity index is 736. The molecule has 0 unspecified atom stereocenters. The third-order valence-corrected chi connectivity index (χ3v) is 7.12. The second-order valence-electron chi connectivity index (χ2n) is 6.66. The number of anilines is 1. The Balaban J connectivity index is 1.60. The molecule has 4 rings (SSSR count). The number of nitrogens with one attached hydrogen (secondary N) is 1. The minimum absolute atomic E-state index is 0.0728. The van der Waals surface area contributed by atoms with Crippen molar-refractivity contribution in [3.63, 3.8) is 0 Å². The van der Waals surface area contributed by atoms with Crippen LogP contribution in [0.3, 0.4) is 0 Å². The third kappa shape index (κ3) is 4.08. The molecule has 26 heavy (non-hydrogen) atoms. The second kappa shape index (κ2) is 8.46. The van der Waals surface area contributed by atoms with E-state index in [2.05, 4.69) is 40.5 Å². The summed E-state index contributed by atoms with van der Waals surface area (Å²) in [5, 5.41) is 4.43. The first-order valence-corrected chi connectivity index (χ1v) is 11.2. The monoisotopic (exact) mass is 388 g/mol. The Hall–Kier alpha value is -1.50. The molecule has 0 spiro atoms. The van der Waals surface area contributed by atoms with E-state index in [1.165, 1.54) is 10.6 Å². The summed E-state index contributed by atoms with van der Waals surface area (Å²) in [4.78, 5) is 16.0. The van der Waals surface area contributed by atoms with Crippen LogP contribution in [0.15, 0.2) is 36.4 Å². The van der Waals surface area contributed by atoms with E-state index in [0.29, 0.717) is 6.04 Å². The molecule has 6 heteroatoms. The van der Waals surface area contributed by atoms with Gasteiger partial charge in [-0.25, -0.2) is 0 Å². The lowest BCUT2D eigenvalue weighted by Gasteiger charge is -2.28. The SMILES string of the molecule is O=C(NC1CCSCC1)c1cc(-c2ccccc2)c(N2CCOCC2)s1. The summed E-state index contributed by atoms with van der Waals surface area (Å²) >= 11 is 3.59. The first-order valence-electron chi connectivity index (χ1n) is 9.22. The number of thiophene rings is 1. The van der Waals surface area contributed by atoms with Crippen LogP contribution in [0.1, 0.15) is 22.5 Å². The maximum atomic E-state index is 12.8. The molecule has 1 aromatic carbocycles. The predicted molar refractivity (Wildman–Crippen MR) is 111 cm³/mol. The van der Waals surface area contributed by atoms with Gasteiger partial charge in [-0.2, -0.15) is 11.8 Å². The van der Waals surface area contributed by atoms with E-state index < -0.39 is 0 Å². The molecular formula is C20H24N2O2S2. The van der Waals surface area contributed by atoms with Crippen molar-refractivity contribution in [1.29, 1.82) is 0 Å². The highest BCUT2D eigenvalue weighted by Gasteiger charge is 2.23. The van der Waals surface area contributed by atoms with E-state index in [1.54, 1.807) is 11.3 Å². The highest BCUT2D eigenvalue weighted by molar-refractivity contribution is 7.99. The molecule has 0 aliphatic carbocycles. The summed E-state index contributed by atoms with van der Waals surface area (Å²) in [7, 11) is 0. The fourth-order valence-corrected chi connectivity index (χ4v) is 5.66. The van der Waals surface area contributed by atoms with Crippen LogP contribution in [0, 0.1) is 0 Å². The molecule has 0 bridgehead atoms. The van der Waals surface area contributed by atoms with Gasteiger partial charge in [-0.15, -0.1) is 11.3 Å². The lowest BCUT2D eigenvalue weighted by atomic mass is 10.1. The number of carbonyl (C=O) groups excluding carboxylic acids is 1. The number of nitrogens with zero attached hydrogens (tertiary/aromatic N) is 1. The molecule has 4 nitrogen and oxygen atoms in total. The Morgan fingerprint density at radius 1 is 1.12 bits per heavy atom. The van der Waals surface area contributed by atoms with Crippen molar-refractivity contribution in [2.75, 3.05) is 42.7 Å². The maximum Gasteiger partial charge on any atom is 0.261 e. The fraction of sp³-hybridized carbons (Fsp3) is 0.450. The molecule has 1 aromatic heterocycles. The summed E-state index contributed by atoms with van der Waals surface area (Å²) in [6.45, 7) is 3.24. The van der Waals surface area contributed by atoms with Crippen LogP contribution in [-0.4, -0.2) is 49.8 Å². The number of morpholine rings is 1. The highest BCUT2D eigenvalue weighted by atomic mass is 32.2. The molecular weight excluding hydrogens is 364 g/mol. The van der Waals surface area contributed by atoms with Crippen LogP contribution >= 0.6 is 23.1 Å². The Morgan fingerprint density at radius 2 is 1.85 bits per heavy atom. The molecule has 0 saturated carbocycles. The van der Waals surface area contributed by atoms with Crippen molar-refractivity contribution in [3.8, 4) is 11.1 Å². The van der Waals surface area contributed by atoms with Gasteiger partial charge in [-0.3, -0.25) is 4.79 Å². The summed E-state index contributed by atoms with van der Waals surface area (Å²) in [6, 6.07) is 12.7. The number of hydrogen-bond donors (Lipinski definition) is 1. The predicted octanol–water partition coefficient (Wildman–Crippen LogP) is 3.88. The topological polar surface area (TPSA) is 41.6 Å². The standard InChI is InChI=1S/C20H24N2O2S2/c23-19(21-16-6-12-25-13-7-16)18-14-17(15-4-2-1-3-5-15)20(26-18)22-8-10-24-11-9-22/h1-5,14,16H,6-13H2,(H,21,23). The zero-order valence-corrected chi connectivity index (χ0v) is 16.4. The van der Waals surface area contributed by atoms with E-state index >= 15 is 0 Å². The third-order valence-electron chi connectivity index (χ3n) is 4.88. The fourth-order valence-electron chi connectivity index (χ4n) is 3.42. The molecule has 2 aliphatic rings. The van der Waals surface area contributed by atoms with Crippen molar-refractivity contribution in [3.05, 3.63) is 41.3 Å². The van der Waals surface area contributed by atoms with Gasteiger partial charge in [0, 0.05) is 24.7 Å². The number of ether oxygens (including phenoxy) is 1. The minimum Gasteiger partial charge on any atom is -0.378 e. The second-order valence-corrected chi connectivity index (χ2v) is 8.91. The molecule has 3 heterocycles. The molecule has 0 radical (unpaired) electrons. The Kier molecular flexibility index (Phi) is 5.82. The van der Waals surface area contributed by atoms with E-state index in [1.807, 2.05) is 17.8 Å². The number of thioether (sulfide) groups is 1. The minimum atomic E-state index is 0.0728. The quantitative estimate of drug-likeness (QED) is 0.863. The van der Waals surface area contributed by atoms with Gasteiger partial charge in [0.25, 0.3) is 5.91 Å². The van der Waals surface area contributed by atoms with E-state index in [4.69, 9.17) is 4.74 Å². The number of rotatable bonds is 4. The first-order chi connectivity index (χ1) is 12.8. The van der Waals surface area contributed by atoms with Crippen molar-refractivity contribution < 1.29 is 9.53 Å². The van der Waals surface area contributed by atoms with Crippen molar-refractivity contribution in [1.82, 2.24) is 5.32 Å². The van der Waals surface area contributed by atoms with Gasteiger partial charge in [0.1, 0.15) is 0 Å². The van der Waals surface area contributed by atoms with Gasteiger partial charge in [0.05, 0.1) is 23.1 Å². The molecule has 2 saturated heterocycles. The number of carbonyl (C=O) groups is 1. The van der Waals surface area contributed by atoms with Crippen LogP contribution in [0.25, 0.3) is 11.1 Å². The zero-order valence-electron chi connectivity index (χ0n) is 14.8. The molecule has 138 valence electrons. The normalized spacial score (nSPS) is 18.7. The summed E-state index contributed by atoms with van der Waals surface area (Å²) < 4.78 is 5.50. The molecule has 1 amide bonds. The van der Waals surface area contributed by atoms with Gasteiger partial charge in [0.15, 0.2) is 0 Å². The van der Waals surface area contributed by atoms with Crippen molar-refractivity contribution in [2.24, 2.45) is 0 Å². The zero-order chi connectivity index (χ0) is 17.8. The van der Waals surface area contributed by atoms with Crippen LogP contribution < -0.4 is 10.2 Å². The molecule has 2 aliphatic heterocycles. The van der Waals surface area contributed by atoms with E-state index in [9.17, 15) is 4.79 Å². The van der Waals surface area contributed by atoms with Crippen molar-refractivity contribution in [2.45, 2.75) is 18.9 Å². The largest absolute Gasteiger partial charge is 0.378 e. The van der Waals surface area contributed by atoms with Crippen LogP contribution in [0.4, 0.5) is 5.00 Å². The van der Waals surface area contributed by atoms with Crippen LogP contribution in [0.2, 0.25) is 0 Å². The first kappa shape index (κ1) is 17.9. The van der Waals surface area contributed by atoms with Crippen LogP contribution in [-0.2, 0) is 4.74 Å². The Morgan fingerprint density at radius 3 is 2.58 bits per heavy atom.